The number of rotatable bonds is 3. The summed E-state index contributed by atoms with van der Waals surface area (Å²) in [5.41, 5.74) is 8.22. The van der Waals surface area contributed by atoms with Gasteiger partial charge in [0, 0.05) is 25.3 Å². The van der Waals surface area contributed by atoms with Gasteiger partial charge in [0.2, 0.25) is 0 Å². The quantitative estimate of drug-likeness (QED) is 0.943. The Morgan fingerprint density at radius 3 is 2.75 bits per heavy atom. The summed E-state index contributed by atoms with van der Waals surface area (Å²) >= 11 is 0. The first-order valence-corrected chi connectivity index (χ1v) is 6.89. The summed E-state index contributed by atoms with van der Waals surface area (Å²) in [5.74, 6) is 0. The topological polar surface area (TPSA) is 47.1 Å². The van der Waals surface area contributed by atoms with Gasteiger partial charge in [-0.2, -0.15) is 5.10 Å². The molecule has 4 nitrogen and oxygen atoms in total. The van der Waals surface area contributed by atoms with E-state index in [1.807, 2.05) is 29.1 Å². The predicted molar refractivity (Wildman–Crippen MR) is 83.3 cm³/mol. The zero-order valence-electron chi connectivity index (χ0n) is 11.5. The molecule has 1 atom stereocenters. The molecule has 0 amide bonds. The Morgan fingerprint density at radius 2 is 2.00 bits per heavy atom. The van der Waals surface area contributed by atoms with E-state index in [0.29, 0.717) is 6.04 Å². The van der Waals surface area contributed by atoms with Crippen LogP contribution in [0.15, 0.2) is 42.6 Å². The Bertz CT molecular complexity index is 526. The lowest BCUT2D eigenvalue weighted by molar-refractivity contribution is 0.199. The van der Waals surface area contributed by atoms with E-state index in [-0.39, 0.29) is 12.4 Å². The van der Waals surface area contributed by atoms with Crippen molar-refractivity contribution in [2.24, 2.45) is 5.73 Å². The minimum Gasteiger partial charge on any atom is -0.327 e. The van der Waals surface area contributed by atoms with Gasteiger partial charge < -0.3 is 5.73 Å². The van der Waals surface area contributed by atoms with Gasteiger partial charge in [0.15, 0.2) is 0 Å². The maximum absolute atomic E-state index is 6.01. The highest BCUT2D eigenvalue weighted by Gasteiger charge is 2.17. The second-order valence-corrected chi connectivity index (χ2v) is 5.22. The van der Waals surface area contributed by atoms with E-state index in [1.165, 1.54) is 6.42 Å². The maximum atomic E-state index is 6.01. The molecule has 5 heteroatoms. The van der Waals surface area contributed by atoms with Crippen molar-refractivity contribution in [3.8, 4) is 5.69 Å². The Balaban J connectivity index is 0.00000147. The van der Waals surface area contributed by atoms with Gasteiger partial charge in [-0.1, -0.05) is 18.2 Å². The average Bonchev–Trinajstić information content (AvgIpc) is 2.88. The molecule has 1 aromatic heterocycles. The van der Waals surface area contributed by atoms with Crippen molar-refractivity contribution in [1.82, 2.24) is 14.7 Å². The molecular formula is C15H21ClN4. The van der Waals surface area contributed by atoms with Crippen LogP contribution < -0.4 is 5.73 Å². The first-order chi connectivity index (χ1) is 9.31. The van der Waals surface area contributed by atoms with Gasteiger partial charge in [0.1, 0.15) is 0 Å². The zero-order chi connectivity index (χ0) is 13.1. The highest BCUT2D eigenvalue weighted by Crippen LogP contribution is 2.13. The van der Waals surface area contributed by atoms with E-state index in [4.69, 9.17) is 5.73 Å². The van der Waals surface area contributed by atoms with E-state index in [0.717, 1.165) is 37.4 Å². The summed E-state index contributed by atoms with van der Waals surface area (Å²) in [6.07, 6.45) is 4.37. The molecule has 0 aliphatic carbocycles. The van der Waals surface area contributed by atoms with Gasteiger partial charge in [-0.15, -0.1) is 12.4 Å². The van der Waals surface area contributed by atoms with Gasteiger partial charge in [0.25, 0.3) is 0 Å². The normalized spacial score (nSPS) is 19.6. The fourth-order valence-electron chi connectivity index (χ4n) is 2.63. The molecule has 1 saturated heterocycles. The maximum Gasteiger partial charge on any atom is 0.0769 e. The molecule has 0 spiro atoms. The number of benzene rings is 1. The fourth-order valence-corrected chi connectivity index (χ4v) is 2.63. The minimum absolute atomic E-state index is 0. The van der Waals surface area contributed by atoms with Crippen molar-refractivity contribution in [1.29, 1.82) is 0 Å². The lowest BCUT2D eigenvalue weighted by atomic mass is 10.1. The molecular weight excluding hydrogens is 272 g/mol. The minimum atomic E-state index is 0. The summed E-state index contributed by atoms with van der Waals surface area (Å²) in [6, 6.07) is 12.6. The van der Waals surface area contributed by atoms with Crippen LogP contribution in [-0.4, -0.2) is 33.8 Å². The van der Waals surface area contributed by atoms with Gasteiger partial charge in [0.05, 0.1) is 11.4 Å². The van der Waals surface area contributed by atoms with Crippen molar-refractivity contribution in [3.63, 3.8) is 0 Å². The van der Waals surface area contributed by atoms with Crippen LogP contribution in [0.1, 0.15) is 18.5 Å². The second kappa shape index (κ2) is 6.88. The van der Waals surface area contributed by atoms with Crippen LogP contribution in [0.3, 0.4) is 0 Å². The molecule has 2 N–H and O–H groups in total. The third-order valence-electron chi connectivity index (χ3n) is 3.59. The Labute approximate surface area is 126 Å². The number of hydrogen-bond acceptors (Lipinski definition) is 3. The van der Waals surface area contributed by atoms with Crippen molar-refractivity contribution in [2.45, 2.75) is 25.4 Å². The SMILES string of the molecule is Cl.N[C@@H]1CCCN(Cc2ccn(-c3ccccc3)n2)C1. The molecule has 20 heavy (non-hydrogen) atoms. The lowest BCUT2D eigenvalue weighted by Gasteiger charge is -2.29. The van der Waals surface area contributed by atoms with Gasteiger partial charge in [-0.25, -0.2) is 4.68 Å². The number of hydrogen-bond donors (Lipinski definition) is 1. The van der Waals surface area contributed by atoms with Crippen LogP contribution in [0.5, 0.6) is 0 Å². The smallest absolute Gasteiger partial charge is 0.0769 e. The van der Waals surface area contributed by atoms with E-state index in [9.17, 15) is 0 Å². The van der Waals surface area contributed by atoms with Gasteiger partial charge in [-0.3, -0.25) is 4.90 Å². The van der Waals surface area contributed by atoms with E-state index in [1.54, 1.807) is 0 Å². The number of aromatic nitrogens is 2. The van der Waals surface area contributed by atoms with Crippen molar-refractivity contribution < 1.29 is 0 Å². The standard InChI is InChI=1S/C15H20N4.ClH/c16-13-5-4-9-18(11-13)12-14-8-10-19(17-14)15-6-2-1-3-7-15;/h1-3,6-8,10,13H,4-5,9,11-12,16H2;1H/t13-;/m1./s1. The third kappa shape index (κ3) is 3.60. The van der Waals surface area contributed by atoms with Crippen LogP contribution in [0.25, 0.3) is 5.69 Å². The number of halogens is 1. The molecule has 3 rings (SSSR count). The van der Waals surface area contributed by atoms with Crippen LogP contribution in [0.2, 0.25) is 0 Å². The van der Waals surface area contributed by atoms with Gasteiger partial charge in [-0.05, 0) is 37.6 Å². The molecule has 108 valence electrons. The molecule has 2 aromatic rings. The Kier molecular flexibility index (Phi) is 5.17. The Hall–Kier alpha value is -1.36. The molecule has 1 aliphatic heterocycles. The summed E-state index contributed by atoms with van der Waals surface area (Å²) < 4.78 is 1.93. The van der Waals surface area contributed by atoms with Crippen LogP contribution >= 0.6 is 12.4 Å². The molecule has 0 radical (unpaired) electrons. The first kappa shape index (κ1) is 15.0. The molecule has 0 unspecified atom stereocenters. The van der Waals surface area contributed by atoms with Crippen LogP contribution in [0.4, 0.5) is 0 Å². The summed E-state index contributed by atoms with van der Waals surface area (Å²) in [7, 11) is 0. The van der Waals surface area contributed by atoms with E-state index in [2.05, 4.69) is 28.2 Å². The number of nitrogens with zero attached hydrogens (tertiary/aromatic N) is 3. The van der Waals surface area contributed by atoms with E-state index >= 15 is 0 Å². The summed E-state index contributed by atoms with van der Waals surface area (Å²) in [6.45, 7) is 3.01. The molecule has 0 bridgehead atoms. The van der Waals surface area contributed by atoms with E-state index < -0.39 is 0 Å². The van der Waals surface area contributed by atoms with Crippen LogP contribution in [0, 0.1) is 0 Å². The Morgan fingerprint density at radius 1 is 1.20 bits per heavy atom. The number of nitrogens with two attached hydrogens (primary N) is 1. The summed E-state index contributed by atoms with van der Waals surface area (Å²) in [5, 5.41) is 4.63. The zero-order valence-corrected chi connectivity index (χ0v) is 12.3. The number of piperidine rings is 1. The monoisotopic (exact) mass is 292 g/mol. The molecule has 1 fully saturated rings. The largest absolute Gasteiger partial charge is 0.327 e. The molecule has 1 aliphatic rings. The third-order valence-corrected chi connectivity index (χ3v) is 3.59. The molecule has 0 saturated carbocycles. The highest BCUT2D eigenvalue weighted by atomic mass is 35.5. The first-order valence-electron chi connectivity index (χ1n) is 6.89. The predicted octanol–water partition coefficient (Wildman–Crippen LogP) is 2.22. The van der Waals surface area contributed by atoms with Crippen molar-refractivity contribution in [2.75, 3.05) is 13.1 Å². The number of likely N-dealkylation sites (tertiary alicyclic amines) is 1. The summed E-state index contributed by atoms with van der Waals surface area (Å²) in [4.78, 5) is 2.39. The molecule has 2 heterocycles. The molecule has 1 aromatic carbocycles. The lowest BCUT2D eigenvalue weighted by Crippen LogP contribution is -2.42. The fraction of sp³-hybridized carbons (Fsp3) is 0.400. The van der Waals surface area contributed by atoms with Crippen molar-refractivity contribution in [3.05, 3.63) is 48.3 Å². The highest BCUT2D eigenvalue weighted by molar-refractivity contribution is 5.85. The van der Waals surface area contributed by atoms with Crippen molar-refractivity contribution >= 4 is 12.4 Å². The second-order valence-electron chi connectivity index (χ2n) is 5.22. The van der Waals surface area contributed by atoms with Gasteiger partial charge >= 0.3 is 0 Å². The average molecular weight is 293 g/mol. The number of para-hydroxylation sites is 1. The van der Waals surface area contributed by atoms with Crippen LogP contribution in [-0.2, 0) is 6.54 Å².